The summed E-state index contributed by atoms with van der Waals surface area (Å²) in [5.74, 6) is 1.54. The van der Waals surface area contributed by atoms with E-state index in [-0.39, 0.29) is 0 Å². The molecule has 0 bridgehead atoms. The Balaban J connectivity index is 1.51. The molecule has 3 aromatic rings. The van der Waals surface area contributed by atoms with E-state index in [1.807, 2.05) is 60.0 Å². The van der Waals surface area contributed by atoms with E-state index < -0.39 is 0 Å². The molecule has 1 aliphatic rings. The lowest BCUT2D eigenvalue weighted by molar-refractivity contribution is 0.205. The summed E-state index contributed by atoms with van der Waals surface area (Å²) in [7, 11) is 1.70. The lowest BCUT2D eigenvalue weighted by Gasteiger charge is -2.25. The Labute approximate surface area is 181 Å². The Kier molecular flexibility index (Phi) is 6.49. The second-order valence-electron chi connectivity index (χ2n) is 7.00. The zero-order valence-electron chi connectivity index (χ0n) is 17.5. The molecule has 158 valence electrons. The maximum atomic E-state index is 5.30. The van der Waals surface area contributed by atoms with Crippen molar-refractivity contribution in [1.82, 2.24) is 25.4 Å². The number of ether oxygens (including phenoxy) is 1. The van der Waals surface area contributed by atoms with Crippen LogP contribution in [0.5, 0.6) is 0 Å². The molecule has 0 atom stereocenters. The van der Waals surface area contributed by atoms with Crippen LogP contribution in [-0.2, 0) is 11.2 Å². The molecule has 8 heteroatoms. The number of anilines is 2. The van der Waals surface area contributed by atoms with E-state index in [2.05, 4.69) is 36.8 Å². The third-order valence-electron chi connectivity index (χ3n) is 5.01. The molecular weight excluding hydrogens is 390 g/mol. The van der Waals surface area contributed by atoms with Gasteiger partial charge in [0, 0.05) is 74.3 Å². The number of rotatable bonds is 9. The second-order valence-corrected chi connectivity index (χ2v) is 7.00. The average Bonchev–Trinajstić information content (AvgIpc) is 3.22. The Bertz CT molecular complexity index is 1040. The second kappa shape index (κ2) is 9.82. The quantitative estimate of drug-likeness (QED) is 0.572. The van der Waals surface area contributed by atoms with Gasteiger partial charge >= 0.3 is 0 Å². The van der Waals surface area contributed by atoms with Crippen molar-refractivity contribution in [2.24, 2.45) is 0 Å². The van der Waals surface area contributed by atoms with Crippen LogP contribution in [0, 0.1) is 0 Å². The normalized spacial score (nSPS) is 13.1. The van der Waals surface area contributed by atoms with Crippen LogP contribution in [0.3, 0.4) is 0 Å². The van der Waals surface area contributed by atoms with Crippen LogP contribution >= 0.6 is 0 Å². The first-order chi connectivity index (χ1) is 15.3. The van der Waals surface area contributed by atoms with Gasteiger partial charge in [-0.05, 0) is 18.2 Å². The first kappa shape index (κ1) is 20.5. The molecule has 4 heterocycles. The molecule has 0 aromatic carbocycles. The summed E-state index contributed by atoms with van der Waals surface area (Å²) < 4.78 is 5.30. The van der Waals surface area contributed by atoms with Crippen LogP contribution in [-0.4, -0.2) is 46.7 Å². The summed E-state index contributed by atoms with van der Waals surface area (Å²) in [6.07, 6.45) is 9.68. The number of hydrogen-bond acceptors (Lipinski definition) is 8. The Hall–Kier alpha value is -3.78. The fourth-order valence-electron chi connectivity index (χ4n) is 3.36. The Morgan fingerprint density at radius 2 is 2.03 bits per heavy atom. The largest absolute Gasteiger partial charge is 0.383 e. The summed E-state index contributed by atoms with van der Waals surface area (Å²) in [4.78, 5) is 19.8. The van der Waals surface area contributed by atoms with Crippen LogP contribution < -0.4 is 15.3 Å². The number of nitrogens with zero attached hydrogens (tertiary/aromatic N) is 6. The number of hydrogen-bond donors (Lipinski definition) is 1. The van der Waals surface area contributed by atoms with Crippen LogP contribution in [0.1, 0.15) is 11.3 Å². The molecular formula is C23H25N7O. The topological polar surface area (TPSA) is 79.3 Å². The van der Waals surface area contributed by atoms with E-state index in [0.717, 1.165) is 41.3 Å². The average molecular weight is 416 g/mol. The van der Waals surface area contributed by atoms with E-state index in [1.165, 1.54) is 0 Å². The fourth-order valence-corrected chi connectivity index (χ4v) is 3.36. The zero-order valence-corrected chi connectivity index (χ0v) is 17.5. The minimum atomic E-state index is 0.600. The van der Waals surface area contributed by atoms with Crippen molar-refractivity contribution < 1.29 is 4.74 Å². The van der Waals surface area contributed by atoms with E-state index in [9.17, 15) is 0 Å². The van der Waals surface area contributed by atoms with Crippen molar-refractivity contribution in [3.63, 3.8) is 0 Å². The van der Waals surface area contributed by atoms with Crippen LogP contribution in [0.25, 0.3) is 5.57 Å². The first-order valence-electron chi connectivity index (χ1n) is 10.1. The third kappa shape index (κ3) is 4.87. The van der Waals surface area contributed by atoms with Crippen molar-refractivity contribution in [3.8, 4) is 0 Å². The van der Waals surface area contributed by atoms with Gasteiger partial charge in [-0.2, -0.15) is 0 Å². The number of aromatic nitrogens is 4. The number of allylic oxidation sites excluding steroid dienone is 1. The smallest absolute Gasteiger partial charge is 0.157 e. The fraction of sp³-hybridized carbons (Fsp3) is 0.217. The summed E-state index contributed by atoms with van der Waals surface area (Å²) in [5, 5.41) is 1.85. The van der Waals surface area contributed by atoms with Gasteiger partial charge in [0.25, 0.3) is 0 Å². The molecule has 4 rings (SSSR count). The molecule has 0 fully saturated rings. The molecule has 1 aliphatic heterocycles. The number of hydrazine groups is 1. The Morgan fingerprint density at radius 1 is 1.10 bits per heavy atom. The lowest BCUT2D eigenvalue weighted by Crippen LogP contribution is -2.32. The van der Waals surface area contributed by atoms with Crippen molar-refractivity contribution in [3.05, 3.63) is 91.0 Å². The van der Waals surface area contributed by atoms with Gasteiger partial charge in [0.2, 0.25) is 0 Å². The molecule has 3 aromatic heterocycles. The molecule has 0 saturated heterocycles. The van der Waals surface area contributed by atoms with E-state index >= 15 is 0 Å². The summed E-state index contributed by atoms with van der Waals surface area (Å²) >= 11 is 0. The van der Waals surface area contributed by atoms with Gasteiger partial charge < -0.3 is 9.64 Å². The maximum absolute atomic E-state index is 5.30. The van der Waals surface area contributed by atoms with Gasteiger partial charge in [0.15, 0.2) is 5.82 Å². The van der Waals surface area contributed by atoms with E-state index in [4.69, 9.17) is 4.74 Å². The summed E-state index contributed by atoms with van der Waals surface area (Å²) in [5.41, 5.74) is 7.05. The highest BCUT2D eigenvalue weighted by atomic mass is 16.5. The SMILES string of the molecule is C=C1C(c2cccnc2)=CNN1c1cc(N(CCOC)CCc2ccccn2)ncn1. The highest BCUT2D eigenvalue weighted by Gasteiger charge is 2.23. The van der Waals surface area contributed by atoms with Gasteiger partial charge in [0.05, 0.1) is 12.3 Å². The molecule has 31 heavy (non-hydrogen) atoms. The van der Waals surface area contributed by atoms with Gasteiger partial charge in [0.1, 0.15) is 12.1 Å². The van der Waals surface area contributed by atoms with Crippen molar-refractivity contribution in [2.45, 2.75) is 6.42 Å². The number of nitrogens with one attached hydrogen (secondary N) is 1. The van der Waals surface area contributed by atoms with E-state index in [0.29, 0.717) is 19.0 Å². The molecule has 8 nitrogen and oxygen atoms in total. The summed E-state index contributed by atoms with van der Waals surface area (Å²) in [6.45, 7) is 6.32. The molecule has 0 aliphatic carbocycles. The molecule has 0 radical (unpaired) electrons. The summed E-state index contributed by atoms with van der Waals surface area (Å²) in [6, 6.07) is 11.8. The standard InChI is InChI=1S/C23H25N7O/c1-18-21(19-6-5-9-24-15-19)16-28-30(18)23-14-22(26-17-27-23)29(12-13-31-2)11-8-20-7-3-4-10-25-20/h3-7,9-10,14-17,28H,1,8,11-13H2,2H3. The predicted molar refractivity (Wildman–Crippen MR) is 121 cm³/mol. The third-order valence-corrected chi connectivity index (χ3v) is 5.01. The highest BCUT2D eigenvalue weighted by molar-refractivity contribution is 5.84. The molecule has 0 saturated carbocycles. The molecule has 0 amide bonds. The lowest BCUT2D eigenvalue weighted by atomic mass is 10.1. The predicted octanol–water partition coefficient (Wildman–Crippen LogP) is 2.84. The first-order valence-corrected chi connectivity index (χ1v) is 10.1. The Morgan fingerprint density at radius 3 is 2.81 bits per heavy atom. The van der Waals surface area contributed by atoms with Crippen molar-refractivity contribution in [1.29, 1.82) is 0 Å². The van der Waals surface area contributed by atoms with Crippen LogP contribution in [0.2, 0.25) is 0 Å². The maximum Gasteiger partial charge on any atom is 0.157 e. The van der Waals surface area contributed by atoms with Gasteiger partial charge in [-0.3, -0.25) is 15.4 Å². The number of pyridine rings is 2. The van der Waals surface area contributed by atoms with Crippen molar-refractivity contribution in [2.75, 3.05) is 36.7 Å². The van der Waals surface area contributed by atoms with Crippen LogP contribution in [0.15, 0.2) is 79.8 Å². The van der Waals surface area contributed by atoms with Gasteiger partial charge in [-0.1, -0.05) is 18.7 Å². The number of methoxy groups -OCH3 is 1. The van der Waals surface area contributed by atoms with Gasteiger partial charge in [-0.25, -0.2) is 15.0 Å². The minimum Gasteiger partial charge on any atom is -0.383 e. The van der Waals surface area contributed by atoms with E-state index in [1.54, 1.807) is 19.6 Å². The zero-order chi connectivity index (χ0) is 21.5. The molecule has 1 N–H and O–H groups in total. The molecule has 0 spiro atoms. The van der Waals surface area contributed by atoms with Gasteiger partial charge in [-0.15, -0.1) is 0 Å². The molecule has 0 unspecified atom stereocenters. The van der Waals surface area contributed by atoms with Crippen LogP contribution in [0.4, 0.5) is 11.6 Å². The minimum absolute atomic E-state index is 0.600. The van der Waals surface area contributed by atoms with Crippen molar-refractivity contribution >= 4 is 17.2 Å². The highest BCUT2D eigenvalue weighted by Crippen LogP contribution is 2.31. The monoisotopic (exact) mass is 415 g/mol.